The zero-order valence-corrected chi connectivity index (χ0v) is 17.5. The molecule has 0 spiro atoms. The quantitative estimate of drug-likeness (QED) is 0.680. The summed E-state index contributed by atoms with van der Waals surface area (Å²) in [6.07, 6.45) is 7.11. The van der Waals surface area contributed by atoms with Crippen LogP contribution >= 0.6 is 0 Å². The molecule has 1 saturated carbocycles. The minimum absolute atomic E-state index is 0.139. The zero-order chi connectivity index (χ0) is 19.2. The summed E-state index contributed by atoms with van der Waals surface area (Å²) >= 11 is 0. The molecule has 1 aliphatic carbocycles. The fourth-order valence-electron chi connectivity index (χ4n) is 4.29. The van der Waals surface area contributed by atoms with E-state index in [9.17, 15) is 5.11 Å². The Morgan fingerprint density at radius 2 is 1.65 bits per heavy atom. The number of nitrogens with one attached hydrogen (secondary N) is 1. The van der Waals surface area contributed by atoms with Gasteiger partial charge in [0.05, 0.1) is 0 Å². The third kappa shape index (κ3) is 7.28. The summed E-state index contributed by atoms with van der Waals surface area (Å²) in [6.45, 7) is 12.4. The highest BCUT2D eigenvalue weighted by Crippen LogP contribution is 2.36. The lowest BCUT2D eigenvalue weighted by molar-refractivity contribution is 0.102. The van der Waals surface area contributed by atoms with Gasteiger partial charge in [-0.1, -0.05) is 66.0 Å². The maximum Gasteiger partial charge on any atom is 0.119 e. The Kier molecular flexibility index (Phi) is 7.54. The minimum atomic E-state index is -0.464. The highest BCUT2D eigenvalue weighted by molar-refractivity contribution is 5.31. The van der Waals surface area contributed by atoms with Crippen LogP contribution in [-0.4, -0.2) is 30.4 Å². The van der Waals surface area contributed by atoms with E-state index >= 15 is 0 Å². The fourth-order valence-corrected chi connectivity index (χ4v) is 4.29. The van der Waals surface area contributed by atoms with Gasteiger partial charge in [0.15, 0.2) is 0 Å². The molecule has 0 unspecified atom stereocenters. The Labute approximate surface area is 160 Å². The molecular formula is C23H39NO2. The Bertz CT molecular complexity index is 524. The van der Waals surface area contributed by atoms with E-state index in [1.54, 1.807) is 0 Å². The predicted molar refractivity (Wildman–Crippen MR) is 110 cm³/mol. The topological polar surface area (TPSA) is 41.5 Å². The number of aliphatic hydroxyl groups is 1. The maximum absolute atomic E-state index is 10.2. The van der Waals surface area contributed by atoms with Gasteiger partial charge in [0.25, 0.3) is 0 Å². The van der Waals surface area contributed by atoms with Crippen molar-refractivity contribution in [2.75, 3.05) is 13.2 Å². The molecule has 0 bridgehead atoms. The summed E-state index contributed by atoms with van der Waals surface area (Å²) in [6, 6.07) is 8.95. The van der Waals surface area contributed by atoms with Gasteiger partial charge in [-0.15, -0.1) is 0 Å². The van der Waals surface area contributed by atoms with E-state index in [1.165, 1.54) is 37.7 Å². The molecular weight excluding hydrogens is 322 g/mol. The Hall–Kier alpha value is -1.06. The van der Waals surface area contributed by atoms with Crippen LogP contribution in [0.1, 0.15) is 78.7 Å². The number of benzene rings is 1. The van der Waals surface area contributed by atoms with Crippen LogP contribution in [0, 0.1) is 5.41 Å². The Morgan fingerprint density at radius 3 is 2.23 bits per heavy atom. The second-order valence-corrected chi connectivity index (χ2v) is 9.85. The number of rotatable bonds is 8. The lowest BCUT2D eigenvalue weighted by Gasteiger charge is -2.33. The van der Waals surface area contributed by atoms with Gasteiger partial charge in [-0.3, -0.25) is 0 Å². The van der Waals surface area contributed by atoms with Crippen molar-refractivity contribution >= 4 is 0 Å². The summed E-state index contributed by atoms with van der Waals surface area (Å²) in [4.78, 5) is 0. The standard InChI is InChI=1S/C23H39NO2/c1-22(2,3)17-23(4,5)18-11-13-21(14-12-18)26-16-20(25)15-24-19-9-7-6-8-10-19/h11-14,19-20,24-25H,6-10,15-17H2,1-5H3/t20-/m1/s1. The molecule has 26 heavy (non-hydrogen) atoms. The number of hydrogen-bond acceptors (Lipinski definition) is 3. The van der Waals surface area contributed by atoms with Crippen LogP contribution in [0.3, 0.4) is 0 Å². The van der Waals surface area contributed by atoms with E-state index in [0.29, 0.717) is 24.6 Å². The van der Waals surface area contributed by atoms with Crippen molar-refractivity contribution in [3.05, 3.63) is 29.8 Å². The summed E-state index contributed by atoms with van der Waals surface area (Å²) in [5.41, 5.74) is 1.77. The number of ether oxygens (including phenoxy) is 1. The number of aliphatic hydroxyl groups excluding tert-OH is 1. The van der Waals surface area contributed by atoms with Gasteiger partial charge in [0.2, 0.25) is 0 Å². The average Bonchev–Trinajstić information content (AvgIpc) is 2.57. The molecule has 2 rings (SSSR count). The van der Waals surface area contributed by atoms with E-state index in [0.717, 1.165) is 12.2 Å². The fraction of sp³-hybridized carbons (Fsp3) is 0.739. The Morgan fingerprint density at radius 1 is 1.04 bits per heavy atom. The van der Waals surface area contributed by atoms with Crippen LogP contribution in [0.25, 0.3) is 0 Å². The largest absolute Gasteiger partial charge is 0.491 e. The number of hydrogen-bond donors (Lipinski definition) is 2. The zero-order valence-electron chi connectivity index (χ0n) is 17.5. The second kappa shape index (κ2) is 9.23. The van der Waals surface area contributed by atoms with Crippen molar-refractivity contribution < 1.29 is 9.84 Å². The van der Waals surface area contributed by atoms with Crippen LogP contribution in [0.2, 0.25) is 0 Å². The molecule has 2 N–H and O–H groups in total. The Balaban J connectivity index is 1.77. The van der Waals surface area contributed by atoms with Gasteiger partial charge in [0.1, 0.15) is 18.5 Å². The minimum Gasteiger partial charge on any atom is -0.491 e. The van der Waals surface area contributed by atoms with E-state index in [4.69, 9.17) is 4.74 Å². The normalized spacial score (nSPS) is 17.9. The molecule has 0 saturated heterocycles. The van der Waals surface area contributed by atoms with Crippen LogP contribution < -0.4 is 10.1 Å². The molecule has 1 fully saturated rings. The first-order valence-electron chi connectivity index (χ1n) is 10.3. The van der Waals surface area contributed by atoms with E-state index < -0.39 is 6.10 Å². The van der Waals surface area contributed by atoms with Gasteiger partial charge >= 0.3 is 0 Å². The first-order valence-corrected chi connectivity index (χ1v) is 10.3. The second-order valence-electron chi connectivity index (χ2n) is 9.85. The van der Waals surface area contributed by atoms with Gasteiger partial charge in [-0.05, 0) is 47.8 Å². The maximum atomic E-state index is 10.2. The van der Waals surface area contributed by atoms with Crippen molar-refractivity contribution in [3.8, 4) is 5.75 Å². The molecule has 0 radical (unpaired) electrons. The summed E-state index contributed by atoms with van der Waals surface area (Å²) in [5.74, 6) is 0.831. The van der Waals surface area contributed by atoms with Gasteiger partial charge < -0.3 is 15.2 Å². The van der Waals surface area contributed by atoms with Crippen molar-refractivity contribution in [3.63, 3.8) is 0 Å². The summed E-state index contributed by atoms with van der Waals surface area (Å²) in [7, 11) is 0. The lowest BCUT2D eigenvalue weighted by atomic mass is 9.72. The molecule has 0 amide bonds. The van der Waals surface area contributed by atoms with Gasteiger partial charge in [-0.2, -0.15) is 0 Å². The third-order valence-corrected chi connectivity index (χ3v) is 5.30. The molecule has 1 aliphatic rings. The van der Waals surface area contributed by atoms with E-state index in [-0.39, 0.29) is 5.41 Å². The van der Waals surface area contributed by atoms with Crippen molar-refractivity contribution in [1.29, 1.82) is 0 Å². The highest BCUT2D eigenvalue weighted by atomic mass is 16.5. The highest BCUT2D eigenvalue weighted by Gasteiger charge is 2.27. The summed E-state index contributed by atoms with van der Waals surface area (Å²) in [5, 5.41) is 13.6. The predicted octanol–water partition coefficient (Wildman–Crippen LogP) is 5.06. The van der Waals surface area contributed by atoms with Crippen LogP contribution in [0.4, 0.5) is 0 Å². The summed E-state index contributed by atoms with van der Waals surface area (Å²) < 4.78 is 5.79. The van der Waals surface area contributed by atoms with E-state index in [1.807, 2.05) is 12.1 Å². The molecule has 0 aliphatic heterocycles. The van der Waals surface area contributed by atoms with Gasteiger partial charge in [0, 0.05) is 12.6 Å². The van der Waals surface area contributed by atoms with Crippen molar-refractivity contribution in [2.45, 2.75) is 90.7 Å². The SMILES string of the molecule is CC(C)(C)CC(C)(C)c1ccc(OC[C@H](O)CNC2CCCCC2)cc1. The molecule has 3 heteroatoms. The monoisotopic (exact) mass is 361 g/mol. The first kappa shape index (κ1) is 21.2. The van der Waals surface area contributed by atoms with Crippen molar-refractivity contribution in [2.24, 2.45) is 5.41 Å². The van der Waals surface area contributed by atoms with Crippen LogP contribution in [-0.2, 0) is 5.41 Å². The molecule has 0 heterocycles. The molecule has 148 valence electrons. The molecule has 0 aromatic heterocycles. The van der Waals surface area contributed by atoms with Crippen molar-refractivity contribution in [1.82, 2.24) is 5.32 Å². The van der Waals surface area contributed by atoms with Crippen LogP contribution in [0.5, 0.6) is 5.75 Å². The average molecular weight is 362 g/mol. The lowest BCUT2D eigenvalue weighted by Crippen LogP contribution is -2.38. The smallest absolute Gasteiger partial charge is 0.119 e. The molecule has 1 aromatic rings. The molecule has 3 nitrogen and oxygen atoms in total. The first-order chi connectivity index (χ1) is 12.2. The third-order valence-electron chi connectivity index (χ3n) is 5.30. The van der Waals surface area contributed by atoms with E-state index in [2.05, 4.69) is 52.1 Å². The molecule has 1 aromatic carbocycles. The van der Waals surface area contributed by atoms with Crippen LogP contribution in [0.15, 0.2) is 24.3 Å². The van der Waals surface area contributed by atoms with Gasteiger partial charge in [-0.25, -0.2) is 0 Å². The molecule has 1 atom stereocenters.